The third kappa shape index (κ3) is 2.97. The first-order valence-electron chi connectivity index (χ1n) is 4.96. The van der Waals surface area contributed by atoms with Gasteiger partial charge in [-0.1, -0.05) is 29.8 Å². The van der Waals surface area contributed by atoms with Gasteiger partial charge in [0.2, 0.25) is 10.0 Å². The first kappa shape index (κ1) is 13.5. The number of rotatable bonds is 4. The van der Waals surface area contributed by atoms with Crippen molar-refractivity contribution in [3.8, 4) is 0 Å². The van der Waals surface area contributed by atoms with E-state index in [0.29, 0.717) is 0 Å². The molecule has 0 aliphatic carbocycles. The zero-order valence-corrected chi connectivity index (χ0v) is 11.2. The second-order valence-electron chi connectivity index (χ2n) is 3.82. The molecule has 1 aromatic rings. The summed E-state index contributed by atoms with van der Waals surface area (Å²) in [6, 6.07) is 7.59. The van der Waals surface area contributed by atoms with Crippen LogP contribution in [0.3, 0.4) is 0 Å². The van der Waals surface area contributed by atoms with Gasteiger partial charge in [-0.3, -0.25) is 0 Å². The third-order valence-electron chi connectivity index (χ3n) is 2.68. The fraction of sp³-hybridized carbons (Fsp3) is 0.455. The van der Waals surface area contributed by atoms with Crippen molar-refractivity contribution in [1.29, 1.82) is 0 Å². The molecule has 0 spiro atoms. The Balaban J connectivity index is 2.94. The standard InChI is InChI=1S/C11H16ClNO2S/c1-9-4-6-11(7-5-9)10(2)13(3)16(14,15)8-12/h4-7,10H,8H2,1-3H3. The summed E-state index contributed by atoms with van der Waals surface area (Å²) in [7, 11) is -1.81. The number of halogens is 1. The molecular weight excluding hydrogens is 246 g/mol. The van der Waals surface area contributed by atoms with E-state index in [1.54, 1.807) is 7.05 Å². The molecule has 0 N–H and O–H groups in total. The normalized spacial score (nSPS) is 14.1. The molecule has 90 valence electrons. The number of hydrogen-bond donors (Lipinski definition) is 0. The van der Waals surface area contributed by atoms with Crippen LogP contribution in [0, 0.1) is 6.92 Å². The summed E-state index contributed by atoms with van der Waals surface area (Å²) < 4.78 is 24.4. The third-order valence-corrected chi connectivity index (χ3v) is 4.98. The summed E-state index contributed by atoms with van der Waals surface area (Å²) in [4.78, 5) is 0. The molecule has 0 aliphatic heterocycles. The van der Waals surface area contributed by atoms with Crippen LogP contribution in [0.4, 0.5) is 0 Å². The van der Waals surface area contributed by atoms with Crippen LogP contribution < -0.4 is 0 Å². The van der Waals surface area contributed by atoms with Gasteiger partial charge in [-0.25, -0.2) is 8.42 Å². The Hall–Kier alpha value is -0.580. The van der Waals surface area contributed by atoms with Gasteiger partial charge < -0.3 is 0 Å². The minimum Gasteiger partial charge on any atom is -0.211 e. The van der Waals surface area contributed by atoms with Crippen LogP contribution in [0.15, 0.2) is 24.3 Å². The lowest BCUT2D eigenvalue weighted by Gasteiger charge is -2.23. The molecule has 0 saturated heterocycles. The summed E-state index contributed by atoms with van der Waals surface area (Å²) in [5.41, 5.74) is 2.11. The van der Waals surface area contributed by atoms with Crippen LogP contribution in [0.25, 0.3) is 0 Å². The summed E-state index contributed by atoms with van der Waals surface area (Å²) in [6.07, 6.45) is 0. The largest absolute Gasteiger partial charge is 0.228 e. The summed E-state index contributed by atoms with van der Waals surface area (Å²) >= 11 is 5.42. The highest BCUT2D eigenvalue weighted by Gasteiger charge is 2.22. The van der Waals surface area contributed by atoms with E-state index in [0.717, 1.165) is 11.1 Å². The van der Waals surface area contributed by atoms with Gasteiger partial charge in [0, 0.05) is 13.1 Å². The predicted molar refractivity (Wildman–Crippen MR) is 67.0 cm³/mol. The minimum absolute atomic E-state index is 0.204. The lowest BCUT2D eigenvalue weighted by molar-refractivity contribution is 0.401. The zero-order chi connectivity index (χ0) is 12.3. The van der Waals surface area contributed by atoms with Gasteiger partial charge in [0.1, 0.15) is 5.21 Å². The number of benzene rings is 1. The van der Waals surface area contributed by atoms with Crippen molar-refractivity contribution in [3.63, 3.8) is 0 Å². The van der Waals surface area contributed by atoms with E-state index in [2.05, 4.69) is 0 Å². The Labute approximate surface area is 102 Å². The quantitative estimate of drug-likeness (QED) is 0.781. The first-order chi connectivity index (χ1) is 7.38. The van der Waals surface area contributed by atoms with Gasteiger partial charge in [0.15, 0.2) is 0 Å². The number of sulfonamides is 1. The smallest absolute Gasteiger partial charge is 0.211 e. The maximum atomic E-state index is 11.6. The SMILES string of the molecule is Cc1ccc(C(C)N(C)S(=O)(=O)CCl)cc1. The molecule has 1 atom stereocenters. The Morgan fingerprint density at radius 3 is 2.25 bits per heavy atom. The molecule has 0 fully saturated rings. The molecule has 0 radical (unpaired) electrons. The van der Waals surface area contributed by atoms with E-state index >= 15 is 0 Å². The molecule has 0 heterocycles. The molecule has 0 bridgehead atoms. The monoisotopic (exact) mass is 261 g/mol. The molecule has 3 nitrogen and oxygen atoms in total. The highest BCUT2D eigenvalue weighted by atomic mass is 35.5. The van der Waals surface area contributed by atoms with Crippen molar-refractivity contribution in [2.45, 2.75) is 19.9 Å². The highest BCUT2D eigenvalue weighted by molar-refractivity contribution is 7.90. The zero-order valence-electron chi connectivity index (χ0n) is 9.64. The molecule has 16 heavy (non-hydrogen) atoms. The van der Waals surface area contributed by atoms with E-state index in [1.807, 2.05) is 38.1 Å². The van der Waals surface area contributed by atoms with Gasteiger partial charge in [-0.05, 0) is 19.4 Å². The minimum atomic E-state index is -3.36. The molecule has 1 aromatic carbocycles. The molecule has 0 saturated carbocycles. The van der Waals surface area contributed by atoms with Crippen LogP contribution in [0.2, 0.25) is 0 Å². The molecule has 5 heteroatoms. The van der Waals surface area contributed by atoms with E-state index in [9.17, 15) is 8.42 Å². The van der Waals surface area contributed by atoms with Crippen LogP contribution >= 0.6 is 11.6 Å². The Morgan fingerprint density at radius 2 is 1.81 bits per heavy atom. The summed E-state index contributed by atoms with van der Waals surface area (Å²) in [5, 5.41) is -0.389. The number of aryl methyl sites for hydroxylation is 1. The summed E-state index contributed by atoms with van der Waals surface area (Å²) in [6.45, 7) is 3.84. The highest BCUT2D eigenvalue weighted by Crippen LogP contribution is 2.22. The molecular formula is C11H16ClNO2S. The predicted octanol–water partition coefficient (Wildman–Crippen LogP) is 2.51. The lowest BCUT2D eigenvalue weighted by atomic mass is 10.1. The van der Waals surface area contributed by atoms with Crippen molar-refractivity contribution in [3.05, 3.63) is 35.4 Å². The second-order valence-corrected chi connectivity index (χ2v) is 6.44. The van der Waals surface area contributed by atoms with Gasteiger partial charge in [0.25, 0.3) is 0 Å². The Bertz CT molecular complexity index is 442. The van der Waals surface area contributed by atoms with E-state index in [-0.39, 0.29) is 11.3 Å². The first-order valence-corrected chi connectivity index (χ1v) is 7.11. The van der Waals surface area contributed by atoms with Crippen molar-refractivity contribution in [2.24, 2.45) is 0 Å². The van der Waals surface area contributed by atoms with Gasteiger partial charge in [-0.2, -0.15) is 4.31 Å². The molecule has 1 unspecified atom stereocenters. The van der Waals surface area contributed by atoms with Crippen LogP contribution in [-0.4, -0.2) is 25.0 Å². The van der Waals surface area contributed by atoms with Crippen LogP contribution in [-0.2, 0) is 10.0 Å². The Kier molecular flexibility index (Phi) is 4.35. The van der Waals surface area contributed by atoms with Gasteiger partial charge in [0.05, 0.1) is 0 Å². The molecule has 1 rings (SSSR count). The van der Waals surface area contributed by atoms with Crippen LogP contribution in [0.5, 0.6) is 0 Å². The van der Waals surface area contributed by atoms with Crippen LogP contribution in [0.1, 0.15) is 24.1 Å². The van der Waals surface area contributed by atoms with Crippen molar-refractivity contribution in [1.82, 2.24) is 4.31 Å². The lowest BCUT2D eigenvalue weighted by Crippen LogP contribution is -2.30. The second kappa shape index (κ2) is 5.17. The number of nitrogens with zero attached hydrogens (tertiary/aromatic N) is 1. The molecule has 0 aliphatic rings. The average Bonchev–Trinajstić information content (AvgIpc) is 2.28. The molecule has 0 aromatic heterocycles. The topological polar surface area (TPSA) is 37.4 Å². The fourth-order valence-electron chi connectivity index (χ4n) is 1.37. The fourth-order valence-corrected chi connectivity index (χ4v) is 2.59. The number of alkyl halides is 1. The van der Waals surface area contributed by atoms with E-state index < -0.39 is 10.0 Å². The maximum Gasteiger partial charge on any atom is 0.228 e. The van der Waals surface area contributed by atoms with E-state index in [1.165, 1.54) is 4.31 Å². The number of hydrogen-bond acceptors (Lipinski definition) is 2. The van der Waals surface area contributed by atoms with Crippen molar-refractivity contribution < 1.29 is 8.42 Å². The van der Waals surface area contributed by atoms with Crippen molar-refractivity contribution >= 4 is 21.6 Å². The van der Waals surface area contributed by atoms with E-state index in [4.69, 9.17) is 11.6 Å². The summed E-state index contributed by atoms with van der Waals surface area (Å²) in [5.74, 6) is 0. The maximum absolute atomic E-state index is 11.6. The van der Waals surface area contributed by atoms with Crippen molar-refractivity contribution in [2.75, 3.05) is 12.3 Å². The van der Waals surface area contributed by atoms with Gasteiger partial charge >= 0.3 is 0 Å². The molecule has 0 amide bonds. The van der Waals surface area contributed by atoms with Gasteiger partial charge in [-0.15, -0.1) is 11.6 Å². The average molecular weight is 262 g/mol. The Morgan fingerprint density at radius 1 is 1.31 bits per heavy atom.